The number of carbonyl (C=O) groups excluding carboxylic acids is 1. The minimum absolute atomic E-state index is 0.0389. The Hall–Kier alpha value is -2.11. The number of rotatable bonds is 3. The van der Waals surface area contributed by atoms with Crippen LogP contribution in [0.15, 0.2) is 35.9 Å². The summed E-state index contributed by atoms with van der Waals surface area (Å²) in [6, 6.07) is 8.05. The molecule has 132 valence electrons. The molecule has 0 fully saturated rings. The van der Waals surface area contributed by atoms with Crippen molar-refractivity contribution in [1.29, 1.82) is 0 Å². The van der Waals surface area contributed by atoms with Gasteiger partial charge in [-0.25, -0.2) is 4.79 Å². The number of ether oxygens (including phenoxy) is 1. The zero-order valence-electron chi connectivity index (χ0n) is 14.7. The van der Waals surface area contributed by atoms with E-state index in [-0.39, 0.29) is 24.5 Å². The molecule has 1 aromatic heterocycles. The largest absolute Gasteiger partial charge is 0.467 e. The van der Waals surface area contributed by atoms with Crippen LogP contribution in [-0.4, -0.2) is 35.9 Å². The number of carbonyl (C=O) groups is 1. The Morgan fingerprint density at radius 1 is 1.44 bits per heavy atom. The van der Waals surface area contributed by atoms with E-state index in [2.05, 4.69) is 28.1 Å². The molecule has 3 atom stereocenters. The monoisotopic (exact) mass is 340 g/mol. The standard InChI is InChI=1S/C20H24N2O3/c1-3-12(11-23)15-10-16-18-14(8-9-21-16)13-6-4-5-7-17(13)22(18)19(15)20(24)25-2/h3-7,15-16,19,21,23H,8-11H2,1-2H3/b12-3-/t15-,16-,19+/m0/s1. The maximum absolute atomic E-state index is 12.8. The molecule has 0 bridgehead atoms. The number of hydrogen-bond donors (Lipinski definition) is 2. The molecular weight excluding hydrogens is 316 g/mol. The minimum atomic E-state index is -0.437. The molecule has 0 aliphatic carbocycles. The van der Waals surface area contributed by atoms with Gasteiger partial charge in [0.25, 0.3) is 0 Å². The fourth-order valence-corrected chi connectivity index (χ4v) is 4.69. The summed E-state index contributed by atoms with van der Waals surface area (Å²) < 4.78 is 7.34. The Morgan fingerprint density at radius 2 is 2.24 bits per heavy atom. The number of esters is 1. The molecule has 0 spiro atoms. The molecule has 0 saturated carbocycles. The number of methoxy groups -OCH3 is 1. The van der Waals surface area contributed by atoms with Crippen molar-refractivity contribution in [3.63, 3.8) is 0 Å². The summed E-state index contributed by atoms with van der Waals surface area (Å²) in [4.78, 5) is 12.8. The SMILES string of the molecule is C/C=C(/CO)[C@@H]1C[C@@H]2NCCc3c2n(c2ccccc32)[C@H]1C(=O)OC. The van der Waals surface area contributed by atoms with E-state index >= 15 is 0 Å². The predicted octanol–water partition coefficient (Wildman–Crippen LogP) is 2.50. The van der Waals surface area contributed by atoms with Crippen molar-refractivity contribution >= 4 is 16.9 Å². The van der Waals surface area contributed by atoms with E-state index in [1.54, 1.807) is 0 Å². The number of aromatic nitrogens is 1. The molecule has 3 heterocycles. The number of hydrogen-bond acceptors (Lipinski definition) is 4. The van der Waals surface area contributed by atoms with E-state index in [0.29, 0.717) is 0 Å². The molecule has 1 aromatic carbocycles. The lowest BCUT2D eigenvalue weighted by Gasteiger charge is -2.40. The van der Waals surface area contributed by atoms with Gasteiger partial charge in [0.15, 0.2) is 0 Å². The average molecular weight is 340 g/mol. The van der Waals surface area contributed by atoms with Gasteiger partial charge in [0.1, 0.15) is 6.04 Å². The van der Waals surface area contributed by atoms with Crippen molar-refractivity contribution < 1.29 is 14.6 Å². The first kappa shape index (κ1) is 16.4. The summed E-state index contributed by atoms with van der Waals surface area (Å²) in [5.74, 6) is -0.320. The van der Waals surface area contributed by atoms with Crippen LogP contribution in [0.2, 0.25) is 0 Å². The number of aliphatic hydroxyl groups is 1. The molecule has 5 nitrogen and oxygen atoms in total. The Labute approximate surface area is 147 Å². The fraction of sp³-hybridized carbons (Fsp3) is 0.450. The summed E-state index contributed by atoms with van der Waals surface area (Å²) in [6.45, 7) is 2.82. The quantitative estimate of drug-likeness (QED) is 0.666. The van der Waals surface area contributed by atoms with Crippen LogP contribution in [0, 0.1) is 5.92 Å². The molecule has 25 heavy (non-hydrogen) atoms. The number of allylic oxidation sites excluding steroid dienone is 1. The van der Waals surface area contributed by atoms with Gasteiger partial charge in [0, 0.05) is 28.6 Å². The second-order valence-electron chi connectivity index (χ2n) is 6.84. The van der Waals surface area contributed by atoms with Gasteiger partial charge in [0.2, 0.25) is 0 Å². The minimum Gasteiger partial charge on any atom is -0.467 e. The van der Waals surface area contributed by atoms with Crippen molar-refractivity contribution in [2.75, 3.05) is 20.3 Å². The smallest absolute Gasteiger partial charge is 0.329 e. The van der Waals surface area contributed by atoms with Crippen LogP contribution in [-0.2, 0) is 16.0 Å². The highest BCUT2D eigenvalue weighted by Crippen LogP contribution is 2.47. The second-order valence-corrected chi connectivity index (χ2v) is 6.84. The summed E-state index contributed by atoms with van der Waals surface area (Å²) in [6.07, 6.45) is 3.69. The van der Waals surface area contributed by atoms with Crippen molar-refractivity contribution in [2.45, 2.75) is 31.8 Å². The number of nitrogens with one attached hydrogen (secondary N) is 1. The number of aliphatic hydroxyl groups excluding tert-OH is 1. The molecule has 2 aliphatic heterocycles. The van der Waals surface area contributed by atoms with Crippen molar-refractivity contribution in [2.24, 2.45) is 5.92 Å². The van der Waals surface area contributed by atoms with E-state index in [1.807, 2.05) is 19.1 Å². The summed E-state index contributed by atoms with van der Waals surface area (Å²) >= 11 is 0. The normalized spacial score (nSPS) is 25.7. The van der Waals surface area contributed by atoms with Crippen LogP contribution in [0.1, 0.15) is 36.7 Å². The van der Waals surface area contributed by atoms with Crippen LogP contribution in [0.25, 0.3) is 10.9 Å². The first-order valence-corrected chi connectivity index (χ1v) is 8.90. The molecule has 0 amide bonds. The highest BCUT2D eigenvalue weighted by atomic mass is 16.5. The summed E-state index contributed by atoms with van der Waals surface area (Å²) in [5.41, 5.74) is 4.53. The van der Waals surface area contributed by atoms with E-state index in [1.165, 1.54) is 23.8 Å². The lowest BCUT2D eigenvalue weighted by Crippen LogP contribution is -2.43. The third-order valence-corrected chi connectivity index (χ3v) is 5.77. The van der Waals surface area contributed by atoms with Gasteiger partial charge in [-0.05, 0) is 43.5 Å². The summed E-state index contributed by atoms with van der Waals surface area (Å²) in [5, 5.41) is 14.7. The third-order valence-electron chi connectivity index (χ3n) is 5.77. The highest BCUT2D eigenvalue weighted by Gasteiger charge is 2.44. The van der Waals surface area contributed by atoms with Gasteiger partial charge in [-0.15, -0.1) is 0 Å². The van der Waals surface area contributed by atoms with Crippen LogP contribution in [0.4, 0.5) is 0 Å². The Kier molecular flexibility index (Phi) is 4.13. The fourth-order valence-electron chi connectivity index (χ4n) is 4.69. The lowest BCUT2D eigenvalue weighted by atomic mass is 9.79. The van der Waals surface area contributed by atoms with E-state index in [0.717, 1.165) is 30.5 Å². The van der Waals surface area contributed by atoms with Crippen molar-refractivity contribution in [1.82, 2.24) is 9.88 Å². The van der Waals surface area contributed by atoms with Gasteiger partial charge in [-0.2, -0.15) is 0 Å². The zero-order valence-corrected chi connectivity index (χ0v) is 14.7. The molecule has 0 saturated heterocycles. The number of para-hydroxylation sites is 1. The first-order valence-electron chi connectivity index (χ1n) is 8.90. The van der Waals surface area contributed by atoms with Crippen LogP contribution >= 0.6 is 0 Å². The van der Waals surface area contributed by atoms with Crippen LogP contribution in [0.5, 0.6) is 0 Å². The predicted molar refractivity (Wildman–Crippen MR) is 96.4 cm³/mol. The number of fused-ring (bicyclic) bond motifs is 3. The van der Waals surface area contributed by atoms with Gasteiger partial charge >= 0.3 is 5.97 Å². The number of nitrogens with zero attached hydrogens (tertiary/aromatic N) is 1. The van der Waals surface area contributed by atoms with Crippen molar-refractivity contribution in [3.05, 3.63) is 47.2 Å². The topological polar surface area (TPSA) is 63.5 Å². The average Bonchev–Trinajstić information content (AvgIpc) is 2.99. The maximum Gasteiger partial charge on any atom is 0.329 e. The lowest BCUT2D eigenvalue weighted by molar-refractivity contribution is -0.146. The number of benzene rings is 1. The Balaban J connectivity index is 2.01. The molecule has 5 heteroatoms. The molecule has 0 radical (unpaired) electrons. The highest BCUT2D eigenvalue weighted by molar-refractivity contribution is 5.89. The first-order chi connectivity index (χ1) is 12.2. The van der Waals surface area contributed by atoms with Crippen LogP contribution < -0.4 is 5.32 Å². The summed E-state index contributed by atoms with van der Waals surface area (Å²) in [7, 11) is 1.44. The van der Waals surface area contributed by atoms with E-state index < -0.39 is 6.04 Å². The van der Waals surface area contributed by atoms with Gasteiger partial charge in [-0.1, -0.05) is 24.3 Å². The Bertz CT molecular complexity index is 852. The second kappa shape index (κ2) is 6.32. The van der Waals surface area contributed by atoms with Crippen LogP contribution in [0.3, 0.4) is 0 Å². The maximum atomic E-state index is 12.8. The molecular formula is C20H24N2O3. The molecule has 4 rings (SSSR count). The van der Waals surface area contributed by atoms with E-state index in [4.69, 9.17) is 4.74 Å². The molecule has 2 aromatic rings. The van der Waals surface area contributed by atoms with Gasteiger partial charge < -0.3 is 19.7 Å². The third kappa shape index (κ3) is 2.34. The molecule has 2 aliphatic rings. The van der Waals surface area contributed by atoms with Gasteiger partial charge in [-0.3, -0.25) is 0 Å². The molecule has 0 unspecified atom stereocenters. The van der Waals surface area contributed by atoms with E-state index in [9.17, 15) is 9.90 Å². The zero-order chi connectivity index (χ0) is 17.6. The Morgan fingerprint density at radius 3 is 2.96 bits per heavy atom. The van der Waals surface area contributed by atoms with Gasteiger partial charge in [0.05, 0.1) is 13.7 Å². The molecule has 2 N–H and O–H groups in total. The van der Waals surface area contributed by atoms with Crippen molar-refractivity contribution in [3.8, 4) is 0 Å².